The summed E-state index contributed by atoms with van der Waals surface area (Å²) < 4.78 is 3.26. The van der Waals surface area contributed by atoms with Crippen molar-refractivity contribution in [2.75, 3.05) is 7.05 Å². The van der Waals surface area contributed by atoms with Crippen molar-refractivity contribution >= 4 is 21.4 Å². The summed E-state index contributed by atoms with van der Waals surface area (Å²) in [6.45, 7) is 10.5. The van der Waals surface area contributed by atoms with E-state index in [1.807, 2.05) is 23.7 Å². The van der Waals surface area contributed by atoms with E-state index >= 15 is 0 Å². The van der Waals surface area contributed by atoms with E-state index in [2.05, 4.69) is 61.1 Å². The molecule has 1 atom stereocenters. The maximum Gasteiger partial charge on any atom is 0.0986 e. The van der Waals surface area contributed by atoms with Crippen molar-refractivity contribution in [2.24, 2.45) is 7.05 Å². The second-order valence-corrected chi connectivity index (χ2v) is 7.80. The maximum atomic E-state index is 4.80. The smallest absolute Gasteiger partial charge is 0.0986 e. The second kappa shape index (κ2) is 5.49. The van der Waals surface area contributed by atoms with E-state index in [-0.39, 0.29) is 5.54 Å². The third-order valence-electron chi connectivity index (χ3n) is 5.06. The predicted octanol–water partition coefficient (Wildman–Crippen LogP) is 4.43. The van der Waals surface area contributed by atoms with Gasteiger partial charge in [0.15, 0.2) is 0 Å². The Balaban J connectivity index is 1.78. The molecule has 4 nitrogen and oxygen atoms in total. The van der Waals surface area contributed by atoms with Crippen LogP contribution in [0, 0.1) is 0 Å². The van der Waals surface area contributed by atoms with Gasteiger partial charge in [0.25, 0.3) is 0 Å². The van der Waals surface area contributed by atoms with Crippen molar-refractivity contribution in [1.82, 2.24) is 20.0 Å². The summed E-state index contributed by atoms with van der Waals surface area (Å²) in [5.41, 5.74) is 4.11. The fourth-order valence-corrected chi connectivity index (χ4v) is 4.56. The molecule has 1 fully saturated rings. The van der Waals surface area contributed by atoms with E-state index < -0.39 is 0 Å². The van der Waals surface area contributed by atoms with Crippen LogP contribution in [0.15, 0.2) is 60.4 Å². The molecule has 1 aliphatic heterocycles. The van der Waals surface area contributed by atoms with Crippen molar-refractivity contribution in [2.45, 2.75) is 18.9 Å². The van der Waals surface area contributed by atoms with Gasteiger partial charge in [-0.3, -0.25) is 4.68 Å². The molecule has 0 aliphatic carbocycles. The molecule has 25 heavy (non-hydrogen) atoms. The highest BCUT2D eigenvalue weighted by molar-refractivity contribution is 7.17. The second-order valence-electron chi connectivity index (χ2n) is 6.89. The molecule has 0 amide bonds. The number of nitrogens with one attached hydrogen (secondary N) is 1. The summed E-state index contributed by atoms with van der Waals surface area (Å²) in [5.74, 6) is 0.863. The summed E-state index contributed by atoms with van der Waals surface area (Å²) in [6, 6.07) is 10.7. The molecule has 1 N–H and O–H groups in total. The average Bonchev–Trinajstić information content (AvgIpc) is 3.16. The number of hydrogen-bond acceptors (Lipinski definition) is 4. The van der Waals surface area contributed by atoms with Crippen LogP contribution in [0.5, 0.6) is 0 Å². The number of fused-ring (bicyclic) bond motifs is 1. The van der Waals surface area contributed by atoms with Crippen molar-refractivity contribution in [3.63, 3.8) is 0 Å². The number of benzene rings is 1. The standard InChI is InChI=1S/C20H22N4S/c1-13-11-20(3,21-14(2)23(13)4)19-10-17(22-24(19)5)16-12-25-18-9-7-6-8-15(16)18/h6-10,12,21H,1-2,11H2,3-5H3/t20-/m0/s1. The normalized spacial score (nSPS) is 21.0. The van der Waals surface area contributed by atoms with Gasteiger partial charge in [-0.25, -0.2) is 0 Å². The first-order valence-corrected chi connectivity index (χ1v) is 9.17. The van der Waals surface area contributed by atoms with Gasteiger partial charge < -0.3 is 10.2 Å². The number of aryl methyl sites for hydroxylation is 1. The summed E-state index contributed by atoms with van der Waals surface area (Å²) in [5, 5.41) is 11.8. The number of thiophene rings is 1. The highest BCUT2D eigenvalue weighted by Crippen LogP contribution is 2.38. The lowest BCUT2D eigenvalue weighted by Gasteiger charge is -2.43. The van der Waals surface area contributed by atoms with Crippen molar-refractivity contribution in [3.8, 4) is 11.3 Å². The third-order valence-corrected chi connectivity index (χ3v) is 6.02. The molecule has 128 valence electrons. The van der Waals surface area contributed by atoms with E-state index in [1.165, 1.54) is 15.6 Å². The summed E-state index contributed by atoms with van der Waals surface area (Å²) >= 11 is 1.76. The van der Waals surface area contributed by atoms with E-state index in [0.29, 0.717) is 0 Å². The first kappa shape index (κ1) is 16.0. The van der Waals surface area contributed by atoms with Crippen LogP contribution in [-0.2, 0) is 12.6 Å². The summed E-state index contributed by atoms with van der Waals surface area (Å²) in [6.07, 6.45) is 0.811. The monoisotopic (exact) mass is 350 g/mol. The van der Waals surface area contributed by atoms with E-state index in [4.69, 9.17) is 5.10 Å². The van der Waals surface area contributed by atoms with Gasteiger partial charge in [0.2, 0.25) is 0 Å². The van der Waals surface area contributed by atoms with Crippen LogP contribution in [0.1, 0.15) is 19.0 Å². The number of nitrogens with zero attached hydrogens (tertiary/aromatic N) is 3. The summed E-state index contributed by atoms with van der Waals surface area (Å²) in [7, 11) is 3.99. The first-order chi connectivity index (χ1) is 11.9. The lowest BCUT2D eigenvalue weighted by molar-refractivity contribution is 0.256. The fourth-order valence-electron chi connectivity index (χ4n) is 3.61. The van der Waals surface area contributed by atoms with Crippen LogP contribution < -0.4 is 5.32 Å². The maximum absolute atomic E-state index is 4.80. The molecule has 3 aromatic rings. The Bertz CT molecular complexity index is 976. The van der Waals surface area contributed by atoms with Crippen LogP contribution >= 0.6 is 11.3 Å². The molecule has 3 heterocycles. The van der Waals surface area contributed by atoms with Crippen LogP contribution in [-0.4, -0.2) is 21.7 Å². The number of hydrogen-bond donors (Lipinski definition) is 1. The molecule has 0 saturated carbocycles. The minimum atomic E-state index is -0.271. The number of aromatic nitrogens is 2. The quantitative estimate of drug-likeness (QED) is 0.742. The Kier molecular flexibility index (Phi) is 3.51. The molecule has 0 bridgehead atoms. The molecule has 0 radical (unpaired) electrons. The van der Waals surface area contributed by atoms with Crippen molar-refractivity contribution in [1.29, 1.82) is 0 Å². The summed E-state index contributed by atoms with van der Waals surface area (Å²) in [4.78, 5) is 2.01. The van der Waals surface area contributed by atoms with Crippen LogP contribution in [0.3, 0.4) is 0 Å². The zero-order valence-electron chi connectivity index (χ0n) is 14.8. The molecular formula is C20H22N4S. The van der Waals surface area contributed by atoms with Gasteiger partial charge in [-0.2, -0.15) is 5.10 Å². The molecule has 1 aromatic carbocycles. The average molecular weight is 350 g/mol. The van der Waals surface area contributed by atoms with Crippen LogP contribution in [0.25, 0.3) is 21.3 Å². The van der Waals surface area contributed by atoms with Gasteiger partial charge in [0.1, 0.15) is 0 Å². The zero-order chi connectivity index (χ0) is 17.8. The lowest BCUT2D eigenvalue weighted by Crippen LogP contribution is -2.49. The topological polar surface area (TPSA) is 33.1 Å². The van der Waals surface area contributed by atoms with Crippen LogP contribution in [0.2, 0.25) is 0 Å². The largest absolute Gasteiger partial charge is 0.361 e. The van der Waals surface area contributed by atoms with Crippen molar-refractivity contribution in [3.05, 3.63) is 66.1 Å². The van der Waals surface area contributed by atoms with Gasteiger partial charge >= 0.3 is 0 Å². The molecule has 4 rings (SSSR count). The minimum Gasteiger partial charge on any atom is -0.361 e. The highest BCUT2D eigenvalue weighted by atomic mass is 32.1. The molecular weight excluding hydrogens is 328 g/mol. The SMILES string of the molecule is C=C1C[C@@](C)(c2cc(-c3csc4ccccc34)nn2C)NC(=C)N1C. The third kappa shape index (κ3) is 2.46. The molecule has 2 aromatic heterocycles. The van der Waals surface area contributed by atoms with Gasteiger partial charge in [0.05, 0.1) is 22.7 Å². The van der Waals surface area contributed by atoms with Gasteiger partial charge in [-0.1, -0.05) is 31.4 Å². The van der Waals surface area contributed by atoms with E-state index in [1.54, 1.807) is 11.3 Å². The molecule has 0 unspecified atom stereocenters. The Morgan fingerprint density at radius 1 is 1.24 bits per heavy atom. The van der Waals surface area contributed by atoms with E-state index in [0.717, 1.165) is 29.3 Å². The lowest BCUT2D eigenvalue weighted by atomic mass is 9.89. The fraction of sp³-hybridized carbons (Fsp3) is 0.250. The molecule has 5 heteroatoms. The van der Waals surface area contributed by atoms with E-state index in [9.17, 15) is 0 Å². The van der Waals surface area contributed by atoms with Crippen LogP contribution in [0.4, 0.5) is 0 Å². The molecule has 1 saturated heterocycles. The Morgan fingerprint density at radius 2 is 2.00 bits per heavy atom. The number of rotatable bonds is 2. The van der Waals surface area contributed by atoms with Gasteiger partial charge in [-0.15, -0.1) is 11.3 Å². The highest BCUT2D eigenvalue weighted by Gasteiger charge is 2.36. The molecule has 1 aliphatic rings. The predicted molar refractivity (Wildman–Crippen MR) is 105 cm³/mol. The van der Waals surface area contributed by atoms with Gasteiger partial charge in [0, 0.05) is 47.2 Å². The molecule has 0 spiro atoms. The minimum absolute atomic E-state index is 0.271. The Labute approximate surface area is 152 Å². The first-order valence-electron chi connectivity index (χ1n) is 8.29. The zero-order valence-corrected chi connectivity index (χ0v) is 15.7. The van der Waals surface area contributed by atoms with Crippen molar-refractivity contribution < 1.29 is 0 Å². The Hall–Kier alpha value is -2.53. The Morgan fingerprint density at radius 3 is 2.76 bits per heavy atom. The van der Waals surface area contributed by atoms with Gasteiger partial charge in [-0.05, 0) is 19.1 Å².